The number of anilines is 1. The van der Waals surface area contributed by atoms with E-state index in [1.165, 1.54) is 12.1 Å². The summed E-state index contributed by atoms with van der Waals surface area (Å²) < 4.78 is 38.6. The minimum atomic E-state index is -4.51. The highest BCUT2D eigenvalue weighted by Crippen LogP contribution is 2.34. The molecule has 0 aliphatic carbocycles. The van der Waals surface area contributed by atoms with Crippen LogP contribution in [0.1, 0.15) is 18.1 Å². The van der Waals surface area contributed by atoms with Gasteiger partial charge in [-0.2, -0.15) is 24.9 Å². The van der Waals surface area contributed by atoms with Crippen LogP contribution in [0.5, 0.6) is 0 Å². The maximum atomic E-state index is 12.9. The Kier molecular flexibility index (Phi) is 5.33. The number of nitrogens with one attached hydrogen (secondary N) is 1. The second-order valence-corrected chi connectivity index (χ2v) is 5.47. The summed E-state index contributed by atoms with van der Waals surface area (Å²) in [5.74, 6) is 0.275. The zero-order chi connectivity index (χ0) is 15.5. The molecule has 0 aromatic heterocycles. The molecule has 1 atom stereocenters. The molecular formula is C13H18F3N3S. The molecule has 7 heteroatoms. The van der Waals surface area contributed by atoms with Gasteiger partial charge in [-0.1, -0.05) is 0 Å². The van der Waals surface area contributed by atoms with Gasteiger partial charge in [-0.15, -0.1) is 0 Å². The van der Waals surface area contributed by atoms with E-state index in [0.29, 0.717) is 5.69 Å². The highest BCUT2D eigenvalue weighted by atomic mass is 32.2. The van der Waals surface area contributed by atoms with Crippen molar-refractivity contribution in [2.24, 2.45) is 5.73 Å². The number of nitrogen functional groups attached to an aromatic ring is 1. The lowest BCUT2D eigenvalue weighted by Crippen LogP contribution is -2.31. The van der Waals surface area contributed by atoms with Crippen LogP contribution in [0.15, 0.2) is 18.2 Å². The normalized spacial score (nSPS) is 13.1. The van der Waals surface area contributed by atoms with Crippen LogP contribution in [0, 0.1) is 5.41 Å². The number of amidine groups is 1. The van der Waals surface area contributed by atoms with Crippen molar-refractivity contribution in [1.82, 2.24) is 0 Å². The Morgan fingerprint density at radius 2 is 2.05 bits per heavy atom. The van der Waals surface area contributed by atoms with E-state index < -0.39 is 17.6 Å². The Morgan fingerprint density at radius 3 is 2.50 bits per heavy atom. The second-order valence-electron chi connectivity index (χ2n) is 4.56. The molecule has 0 amide bonds. The Bertz CT molecular complexity index is 488. The molecule has 1 aromatic carbocycles. The van der Waals surface area contributed by atoms with E-state index in [9.17, 15) is 13.2 Å². The van der Waals surface area contributed by atoms with Crippen molar-refractivity contribution in [3.8, 4) is 0 Å². The average Bonchev–Trinajstić information content (AvgIpc) is 2.36. The molecule has 0 heterocycles. The number of nitrogens with two attached hydrogens (primary N) is 1. The van der Waals surface area contributed by atoms with Gasteiger partial charge in [0.05, 0.1) is 5.56 Å². The van der Waals surface area contributed by atoms with Crippen molar-refractivity contribution in [1.29, 1.82) is 5.41 Å². The SMILES string of the molecule is CSCC(C)N(C)c1ccc(C(F)(F)F)c(C(=N)N)c1. The molecule has 0 saturated heterocycles. The maximum absolute atomic E-state index is 12.9. The predicted octanol–water partition coefficient (Wildman–Crippen LogP) is 3.18. The summed E-state index contributed by atoms with van der Waals surface area (Å²) >= 11 is 1.66. The lowest BCUT2D eigenvalue weighted by Gasteiger charge is -2.27. The van der Waals surface area contributed by atoms with Crippen molar-refractivity contribution in [2.45, 2.75) is 19.1 Å². The van der Waals surface area contributed by atoms with Crippen molar-refractivity contribution in [3.63, 3.8) is 0 Å². The minimum absolute atomic E-state index is 0.168. The first kappa shape index (κ1) is 16.7. The first-order chi connectivity index (χ1) is 9.18. The lowest BCUT2D eigenvalue weighted by atomic mass is 10.0. The van der Waals surface area contributed by atoms with Crippen LogP contribution in [0.2, 0.25) is 0 Å². The molecule has 0 aliphatic rings. The quantitative estimate of drug-likeness (QED) is 0.649. The average molecular weight is 305 g/mol. The number of hydrogen-bond acceptors (Lipinski definition) is 3. The fourth-order valence-corrected chi connectivity index (χ4v) is 2.54. The van der Waals surface area contributed by atoms with E-state index in [1.54, 1.807) is 11.8 Å². The van der Waals surface area contributed by atoms with Crippen LogP contribution in [0.4, 0.5) is 18.9 Å². The monoisotopic (exact) mass is 305 g/mol. The maximum Gasteiger partial charge on any atom is 0.417 e. The molecule has 3 N–H and O–H groups in total. The van der Waals surface area contributed by atoms with Crippen molar-refractivity contribution >= 4 is 23.3 Å². The van der Waals surface area contributed by atoms with E-state index >= 15 is 0 Å². The fraction of sp³-hybridized carbons (Fsp3) is 0.462. The summed E-state index contributed by atoms with van der Waals surface area (Å²) in [6.07, 6.45) is -2.54. The van der Waals surface area contributed by atoms with Crippen molar-refractivity contribution < 1.29 is 13.2 Å². The molecule has 20 heavy (non-hydrogen) atoms. The van der Waals surface area contributed by atoms with E-state index in [1.807, 2.05) is 25.1 Å². The van der Waals surface area contributed by atoms with Crippen LogP contribution in [-0.4, -0.2) is 30.9 Å². The molecule has 0 spiro atoms. The Balaban J connectivity index is 3.20. The molecule has 0 bridgehead atoms. The first-order valence-electron chi connectivity index (χ1n) is 5.96. The Morgan fingerprint density at radius 1 is 1.45 bits per heavy atom. The largest absolute Gasteiger partial charge is 0.417 e. The van der Waals surface area contributed by atoms with E-state index in [-0.39, 0.29) is 11.6 Å². The third-order valence-corrected chi connectivity index (χ3v) is 3.89. The number of nitrogens with zero attached hydrogens (tertiary/aromatic N) is 1. The van der Waals surface area contributed by atoms with Gasteiger partial charge in [0, 0.05) is 30.1 Å². The number of thioether (sulfide) groups is 1. The van der Waals surface area contributed by atoms with Crippen LogP contribution in [-0.2, 0) is 6.18 Å². The number of rotatable bonds is 5. The third kappa shape index (κ3) is 3.82. The van der Waals surface area contributed by atoms with Gasteiger partial charge in [0.1, 0.15) is 5.84 Å². The summed E-state index contributed by atoms with van der Waals surface area (Å²) in [6.45, 7) is 1.99. The smallest absolute Gasteiger partial charge is 0.384 e. The molecule has 0 radical (unpaired) electrons. The van der Waals surface area contributed by atoms with Crippen LogP contribution in [0.3, 0.4) is 0 Å². The minimum Gasteiger partial charge on any atom is -0.384 e. The first-order valence-corrected chi connectivity index (χ1v) is 7.35. The number of halogens is 3. The van der Waals surface area contributed by atoms with Crippen LogP contribution < -0.4 is 10.6 Å². The topological polar surface area (TPSA) is 53.1 Å². The van der Waals surface area contributed by atoms with Gasteiger partial charge < -0.3 is 10.6 Å². The molecule has 112 valence electrons. The molecule has 3 nitrogen and oxygen atoms in total. The number of alkyl halides is 3. The van der Waals surface area contributed by atoms with Gasteiger partial charge in [-0.05, 0) is 31.4 Å². The molecule has 1 unspecified atom stereocenters. The third-order valence-electron chi connectivity index (χ3n) is 3.08. The Hall–Kier alpha value is -1.37. The van der Waals surface area contributed by atoms with Crippen molar-refractivity contribution in [3.05, 3.63) is 29.3 Å². The molecule has 1 rings (SSSR count). The molecule has 1 aromatic rings. The van der Waals surface area contributed by atoms with Gasteiger partial charge >= 0.3 is 6.18 Å². The molecule has 0 saturated carbocycles. The van der Waals surface area contributed by atoms with Gasteiger partial charge in [0.2, 0.25) is 0 Å². The molecule has 0 aliphatic heterocycles. The highest BCUT2D eigenvalue weighted by Gasteiger charge is 2.34. The van der Waals surface area contributed by atoms with Crippen LogP contribution in [0.25, 0.3) is 0 Å². The van der Waals surface area contributed by atoms with Crippen LogP contribution >= 0.6 is 11.8 Å². The van der Waals surface area contributed by atoms with Gasteiger partial charge in [0.15, 0.2) is 0 Å². The highest BCUT2D eigenvalue weighted by molar-refractivity contribution is 7.98. The lowest BCUT2D eigenvalue weighted by molar-refractivity contribution is -0.137. The summed E-state index contributed by atoms with van der Waals surface area (Å²) in [5.41, 5.74) is 4.74. The Labute approximate surface area is 120 Å². The fourth-order valence-electron chi connectivity index (χ4n) is 1.83. The molecular weight excluding hydrogens is 287 g/mol. The number of benzene rings is 1. The van der Waals surface area contributed by atoms with Crippen molar-refractivity contribution in [2.75, 3.05) is 24.0 Å². The second kappa shape index (κ2) is 6.39. The predicted molar refractivity (Wildman–Crippen MR) is 78.7 cm³/mol. The summed E-state index contributed by atoms with van der Waals surface area (Å²) in [4.78, 5) is 1.88. The van der Waals surface area contributed by atoms with Gasteiger partial charge in [-0.3, -0.25) is 5.41 Å². The van der Waals surface area contributed by atoms with Gasteiger partial charge in [0.25, 0.3) is 0 Å². The van der Waals surface area contributed by atoms with Gasteiger partial charge in [-0.25, -0.2) is 0 Å². The standard InChI is InChI=1S/C13H18F3N3S/c1-8(7-20-3)19(2)9-4-5-11(13(14,15)16)10(6-9)12(17)18/h4-6,8H,7H2,1-3H3,(H3,17,18). The van der Waals surface area contributed by atoms with E-state index in [4.69, 9.17) is 11.1 Å². The summed E-state index contributed by atoms with van der Waals surface area (Å²) in [6, 6.07) is 3.88. The summed E-state index contributed by atoms with van der Waals surface area (Å²) in [5, 5.41) is 7.34. The number of hydrogen-bond donors (Lipinski definition) is 2. The zero-order valence-electron chi connectivity index (χ0n) is 11.6. The zero-order valence-corrected chi connectivity index (χ0v) is 12.4. The van der Waals surface area contributed by atoms with E-state index in [0.717, 1.165) is 11.8 Å². The summed E-state index contributed by atoms with van der Waals surface area (Å²) in [7, 11) is 1.81. The molecule has 0 fully saturated rings. The van der Waals surface area contributed by atoms with E-state index in [2.05, 4.69) is 0 Å².